The molecular formula is C34H45NO8. The number of Topliss-reactive ketones (excluding diaryl/α,β-unsaturated/α-hetero) is 1. The largest absolute Gasteiger partial charge is 0.497 e. The van der Waals surface area contributed by atoms with Crippen LogP contribution in [0.4, 0.5) is 0 Å². The number of aliphatic hydroxyl groups is 2. The molecule has 0 bridgehead atoms. The lowest BCUT2D eigenvalue weighted by atomic mass is 9.45. The fraction of sp³-hybridized carbons (Fsp3) is 0.647. The maximum absolute atomic E-state index is 13.4. The summed E-state index contributed by atoms with van der Waals surface area (Å²) < 4.78 is 10.4. The van der Waals surface area contributed by atoms with E-state index in [1.807, 2.05) is 31.2 Å². The van der Waals surface area contributed by atoms with Crippen LogP contribution in [0.2, 0.25) is 0 Å². The third kappa shape index (κ3) is 5.78. The Morgan fingerprint density at radius 1 is 1.05 bits per heavy atom. The number of amides is 1. The van der Waals surface area contributed by atoms with Gasteiger partial charge in [-0.15, -0.1) is 0 Å². The highest BCUT2D eigenvalue weighted by Crippen LogP contribution is 2.67. The Morgan fingerprint density at radius 2 is 1.79 bits per heavy atom. The van der Waals surface area contributed by atoms with Crippen molar-refractivity contribution in [2.75, 3.05) is 20.3 Å². The standard InChI is InChI=1S/C34H45NO8/c1-32-15-12-23(36)18-22(32)6-9-25-26-13-16-34(41,33(26,2)19-27(37)31(25)32)28(38)20-43-30(40)11-10-29(39)35-17-14-21-4-7-24(42-3)8-5-21/h4-5,7-8,18,25-27,31,37,41H,6,9-17,19-20H2,1-3H3,(H,35,39). The second-order valence-corrected chi connectivity index (χ2v) is 13.5. The smallest absolute Gasteiger partial charge is 0.306 e. The number of ether oxygens (including phenoxy) is 2. The summed E-state index contributed by atoms with van der Waals surface area (Å²) in [5, 5.41) is 26.1. The average molecular weight is 596 g/mol. The first-order valence-electron chi connectivity index (χ1n) is 15.6. The summed E-state index contributed by atoms with van der Waals surface area (Å²) in [5.41, 5.74) is -0.620. The van der Waals surface area contributed by atoms with E-state index in [-0.39, 0.29) is 60.5 Å². The molecule has 4 aliphatic rings. The molecule has 9 nitrogen and oxygen atoms in total. The summed E-state index contributed by atoms with van der Waals surface area (Å²) in [7, 11) is 1.60. The van der Waals surface area contributed by atoms with Crippen molar-refractivity contribution in [2.24, 2.45) is 28.6 Å². The molecule has 0 spiro atoms. The molecule has 43 heavy (non-hydrogen) atoms. The van der Waals surface area contributed by atoms with E-state index in [9.17, 15) is 29.4 Å². The van der Waals surface area contributed by atoms with Gasteiger partial charge in [-0.3, -0.25) is 19.2 Å². The molecule has 0 aromatic heterocycles. The molecule has 7 atom stereocenters. The van der Waals surface area contributed by atoms with Crippen LogP contribution in [0.25, 0.3) is 0 Å². The van der Waals surface area contributed by atoms with E-state index in [0.29, 0.717) is 25.8 Å². The van der Waals surface area contributed by atoms with E-state index in [1.165, 1.54) is 0 Å². The number of carbonyl (C=O) groups is 4. The minimum atomic E-state index is -1.71. The summed E-state index contributed by atoms with van der Waals surface area (Å²) in [6.07, 6.45) is 5.50. The Kier molecular flexibility index (Phi) is 8.87. The van der Waals surface area contributed by atoms with Crippen LogP contribution in [-0.4, -0.2) is 65.6 Å². The van der Waals surface area contributed by atoms with Gasteiger partial charge in [0.2, 0.25) is 11.7 Å². The van der Waals surface area contributed by atoms with Gasteiger partial charge in [0.1, 0.15) is 11.4 Å². The molecule has 0 heterocycles. The van der Waals surface area contributed by atoms with Gasteiger partial charge < -0.3 is 25.0 Å². The molecule has 9 heteroatoms. The maximum Gasteiger partial charge on any atom is 0.306 e. The zero-order chi connectivity index (χ0) is 31.0. The van der Waals surface area contributed by atoms with Crippen molar-refractivity contribution in [2.45, 2.75) is 89.8 Å². The van der Waals surface area contributed by atoms with Gasteiger partial charge in [0, 0.05) is 24.8 Å². The Balaban J connectivity index is 1.12. The number of fused-ring (bicyclic) bond motifs is 5. The summed E-state index contributed by atoms with van der Waals surface area (Å²) in [5.74, 6) is -0.424. The molecule has 7 unspecified atom stereocenters. The molecule has 1 amide bonds. The minimum Gasteiger partial charge on any atom is -0.497 e. The van der Waals surface area contributed by atoms with Crippen LogP contribution < -0.4 is 10.1 Å². The number of allylic oxidation sites excluding steroid dienone is 1. The number of hydrogen-bond donors (Lipinski definition) is 3. The number of carbonyl (C=O) groups excluding carboxylic acids is 4. The van der Waals surface area contributed by atoms with Crippen LogP contribution in [0.1, 0.15) is 77.2 Å². The van der Waals surface area contributed by atoms with E-state index in [0.717, 1.165) is 36.1 Å². The van der Waals surface area contributed by atoms with Crippen LogP contribution >= 0.6 is 0 Å². The van der Waals surface area contributed by atoms with Gasteiger partial charge in [0.05, 0.1) is 19.6 Å². The van der Waals surface area contributed by atoms with Crippen LogP contribution in [-0.2, 0) is 30.3 Å². The number of hydrogen-bond acceptors (Lipinski definition) is 8. The first-order valence-corrected chi connectivity index (χ1v) is 15.6. The summed E-state index contributed by atoms with van der Waals surface area (Å²) >= 11 is 0. The monoisotopic (exact) mass is 595 g/mol. The van der Waals surface area contributed by atoms with Crippen LogP contribution in [0.3, 0.4) is 0 Å². The summed E-state index contributed by atoms with van der Waals surface area (Å²) in [4.78, 5) is 50.2. The fourth-order valence-corrected chi connectivity index (χ4v) is 8.93. The van der Waals surface area contributed by atoms with Gasteiger partial charge in [0.15, 0.2) is 12.4 Å². The van der Waals surface area contributed by atoms with E-state index < -0.39 is 35.5 Å². The van der Waals surface area contributed by atoms with Gasteiger partial charge in [0.25, 0.3) is 0 Å². The van der Waals surface area contributed by atoms with E-state index in [4.69, 9.17) is 9.47 Å². The molecule has 4 aliphatic carbocycles. The molecule has 0 radical (unpaired) electrons. The molecule has 0 aliphatic heterocycles. The summed E-state index contributed by atoms with van der Waals surface area (Å²) in [6, 6.07) is 7.56. The third-order valence-electron chi connectivity index (χ3n) is 11.3. The molecule has 1 aromatic carbocycles. The highest BCUT2D eigenvalue weighted by Gasteiger charge is 2.68. The first kappa shape index (κ1) is 31.4. The molecule has 3 fully saturated rings. The van der Waals surface area contributed by atoms with Gasteiger partial charge in [-0.25, -0.2) is 0 Å². The molecule has 1 aromatic rings. The summed E-state index contributed by atoms with van der Waals surface area (Å²) in [6.45, 7) is 3.93. The van der Waals surface area contributed by atoms with Crippen LogP contribution in [0.15, 0.2) is 35.9 Å². The van der Waals surface area contributed by atoms with Crippen LogP contribution in [0, 0.1) is 28.6 Å². The zero-order valence-electron chi connectivity index (χ0n) is 25.5. The molecular weight excluding hydrogens is 550 g/mol. The molecule has 3 saturated carbocycles. The predicted octanol–water partition coefficient (Wildman–Crippen LogP) is 3.48. The van der Waals surface area contributed by atoms with Crippen molar-refractivity contribution in [3.63, 3.8) is 0 Å². The fourth-order valence-electron chi connectivity index (χ4n) is 8.93. The Labute approximate surface area is 253 Å². The van der Waals surface area contributed by atoms with E-state index in [1.54, 1.807) is 13.2 Å². The number of benzene rings is 1. The number of esters is 1. The second-order valence-electron chi connectivity index (χ2n) is 13.5. The molecule has 234 valence electrons. The Bertz CT molecular complexity index is 1290. The number of ketones is 2. The van der Waals surface area contributed by atoms with Crippen molar-refractivity contribution in [1.82, 2.24) is 5.32 Å². The van der Waals surface area contributed by atoms with Crippen molar-refractivity contribution in [1.29, 1.82) is 0 Å². The lowest BCUT2D eigenvalue weighted by Crippen LogP contribution is -2.62. The quantitative estimate of drug-likeness (QED) is 0.350. The van der Waals surface area contributed by atoms with Crippen LogP contribution in [0.5, 0.6) is 5.75 Å². The first-order chi connectivity index (χ1) is 20.4. The molecule has 3 N–H and O–H groups in total. The zero-order valence-corrected chi connectivity index (χ0v) is 25.5. The van der Waals surface area contributed by atoms with Crippen molar-refractivity contribution < 1.29 is 38.9 Å². The van der Waals surface area contributed by atoms with Gasteiger partial charge in [-0.2, -0.15) is 0 Å². The SMILES string of the molecule is COc1ccc(CCNC(=O)CCC(=O)OCC(=O)C2(O)CCC3C4CCC5=CC(=O)CCC5(C)C4C(O)CC32C)cc1. The topological polar surface area (TPSA) is 139 Å². The average Bonchev–Trinajstić information content (AvgIpc) is 3.25. The highest BCUT2D eigenvalue weighted by atomic mass is 16.5. The lowest BCUT2D eigenvalue weighted by Gasteiger charge is -2.60. The maximum atomic E-state index is 13.4. The Hall–Kier alpha value is -3.04. The second kappa shape index (κ2) is 12.2. The predicted molar refractivity (Wildman–Crippen MR) is 158 cm³/mol. The van der Waals surface area contributed by atoms with E-state index >= 15 is 0 Å². The van der Waals surface area contributed by atoms with Gasteiger partial charge >= 0.3 is 5.97 Å². The number of aliphatic hydroxyl groups excluding tert-OH is 1. The molecule has 5 rings (SSSR count). The third-order valence-corrected chi connectivity index (χ3v) is 11.3. The van der Waals surface area contributed by atoms with Crippen molar-refractivity contribution in [3.05, 3.63) is 41.5 Å². The normalized spacial score (nSPS) is 34.7. The van der Waals surface area contributed by atoms with Gasteiger partial charge in [-0.1, -0.05) is 31.6 Å². The number of rotatable bonds is 10. The number of nitrogens with one attached hydrogen (secondary N) is 1. The lowest BCUT2D eigenvalue weighted by molar-refractivity contribution is -0.184. The minimum absolute atomic E-state index is 0.0173. The number of methoxy groups -OCH3 is 1. The van der Waals surface area contributed by atoms with Crippen molar-refractivity contribution >= 4 is 23.4 Å². The van der Waals surface area contributed by atoms with Gasteiger partial charge in [-0.05, 0) is 91.9 Å². The highest BCUT2D eigenvalue weighted by molar-refractivity contribution is 5.92. The molecule has 0 saturated heterocycles. The van der Waals surface area contributed by atoms with E-state index in [2.05, 4.69) is 12.2 Å². The Morgan fingerprint density at radius 3 is 2.51 bits per heavy atom. The van der Waals surface area contributed by atoms with Crippen molar-refractivity contribution in [3.8, 4) is 5.75 Å².